The maximum absolute atomic E-state index is 13.9. The van der Waals surface area contributed by atoms with Crippen molar-refractivity contribution in [2.24, 2.45) is 0 Å². The van der Waals surface area contributed by atoms with Gasteiger partial charge in [-0.1, -0.05) is 36.4 Å². The molecule has 0 fully saturated rings. The van der Waals surface area contributed by atoms with Crippen molar-refractivity contribution in [3.8, 4) is 16.9 Å². The first-order valence-corrected chi connectivity index (χ1v) is 12.4. The first-order chi connectivity index (χ1) is 19.0. The minimum atomic E-state index is -0.0826. The molecule has 10 heteroatoms. The molecule has 0 unspecified atom stereocenters. The number of aryl methyl sites for hydroxylation is 1. The van der Waals surface area contributed by atoms with Gasteiger partial charge in [-0.3, -0.25) is 9.36 Å². The summed E-state index contributed by atoms with van der Waals surface area (Å²) in [5.41, 5.74) is 17.3. The SMILES string of the molecule is Cc1cccc2cc(Cn3nc(-c4ccc5nc(N)cn5c4)c4c(N)ncnc43)n(-c3ccccc3)c(=O)c12. The van der Waals surface area contributed by atoms with Gasteiger partial charge in [0, 0.05) is 23.1 Å². The number of fused-ring (bicyclic) bond motifs is 3. The maximum atomic E-state index is 13.9. The van der Waals surface area contributed by atoms with Crippen LogP contribution < -0.4 is 17.0 Å². The van der Waals surface area contributed by atoms with Gasteiger partial charge in [-0.25, -0.2) is 19.6 Å². The Balaban J connectivity index is 1.46. The standard InChI is InChI=1S/C29H23N9O/c1-17-6-5-7-18-12-21(38(29(39)24(17)18)20-8-3-2-4-9-20)14-37-28-25(27(31)32-16-33-28)26(35-37)19-10-11-23-34-22(30)15-36(23)13-19/h2-13,15-16H,14,30H2,1H3,(H2,31,32,33). The van der Waals surface area contributed by atoms with Crippen molar-refractivity contribution in [2.45, 2.75) is 13.5 Å². The first-order valence-electron chi connectivity index (χ1n) is 12.4. The van der Waals surface area contributed by atoms with Gasteiger partial charge in [0.05, 0.1) is 23.5 Å². The predicted molar refractivity (Wildman–Crippen MR) is 152 cm³/mol. The van der Waals surface area contributed by atoms with Gasteiger partial charge in [-0.15, -0.1) is 0 Å². The third-order valence-corrected chi connectivity index (χ3v) is 6.96. The van der Waals surface area contributed by atoms with Gasteiger partial charge in [-0.05, 0) is 48.2 Å². The Morgan fingerprint density at radius 1 is 0.897 bits per heavy atom. The molecule has 7 rings (SSSR count). The minimum absolute atomic E-state index is 0.0826. The van der Waals surface area contributed by atoms with Crippen LogP contribution in [0, 0.1) is 6.92 Å². The number of aromatic nitrogens is 7. The van der Waals surface area contributed by atoms with Crippen LogP contribution in [0.4, 0.5) is 11.6 Å². The number of benzene rings is 2. The summed E-state index contributed by atoms with van der Waals surface area (Å²) < 4.78 is 5.35. The second-order valence-electron chi connectivity index (χ2n) is 9.46. The number of para-hydroxylation sites is 1. The van der Waals surface area contributed by atoms with Crippen LogP contribution in [0.25, 0.3) is 44.4 Å². The molecule has 0 aliphatic heterocycles. The summed E-state index contributed by atoms with van der Waals surface area (Å²) in [7, 11) is 0. The van der Waals surface area contributed by atoms with E-state index in [1.807, 2.05) is 84.3 Å². The Morgan fingerprint density at radius 2 is 1.74 bits per heavy atom. The average molecular weight is 514 g/mol. The van der Waals surface area contributed by atoms with E-state index in [1.165, 1.54) is 6.33 Å². The van der Waals surface area contributed by atoms with Gasteiger partial charge in [0.25, 0.3) is 5.56 Å². The molecule has 2 aromatic carbocycles. The molecular weight excluding hydrogens is 490 g/mol. The zero-order valence-electron chi connectivity index (χ0n) is 21.0. The summed E-state index contributed by atoms with van der Waals surface area (Å²) in [4.78, 5) is 27.0. The summed E-state index contributed by atoms with van der Waals surface area (Å²) in [6.07, 6.45) is 5.07. The first kappa shape index (κ1) is 22.7. The fraction of sp³-hybridized carbons (Fsp3) is 0.0690. The number of hydrogen-bond donors (Lipinski definition) is 2. The molecule has 5 aromatic heterocycles. The number of imidazole rings is 1. The highest BCUT2D eigenvalue weighted by Gasteiger charge is 2.20. The van der Waals surface area contributed by atoms with Crippen molar-refractivity contribution >= 4 is 39.1 Å². The highest BCUT2D eigenvalue weighted by Crippen LogP contribution is 2.31. The van der Waals surface area contributed by atoms with E-state index in [-0.39, 0.29) is 12.1 Å². The Kier molecular flexibility index (Phi) is 4.95. The molecule has 0 amide bonds. The van der Waals surface area contributed by atoms with Gasteiger partial charge < -0.3 is 15.9 Å². The van der Waals surface area contributed by atoms with E-state index in [9.17, 15) is 4.79 Å². The van der Waals surface area contributed by atoms with Gasteiger partial charge in [0.1, 0.15) is 29.3 Å². The van der Waals surface area contributed by atoms with E-state index >= 15 is 0 Å². The fourth-order valence-corrected chi connectivity index (χ4v) is 5.21. The Morgan fingerprint density at radius 3 is 2.59 bits per heavy atom. The lowest BCUT2D eigenvalue weighted by Crippen LogP contribution is -2.24. The van der Waals surface area contributed by atoms with Crippen molar-refractivity contribution < 1.29 is 0 Å². The van der Waals surface area contributed by atoms with Crippen LogP contribution in [-0.2, 0) is 6.54 Å². The zero-order valence-corrected chi connectivity index (χ0v) is 21.0. The van der Waals surface area contributed by atoms with Crippen LogP contribution in [0.5, 0.6) is 0 Å². The number of hydrogen-bond acceptors (Lipinski definition) is 7. The number of rotatable bonds is 4. The summed E-state index contributed by atoms with van der Waals surface area (Å²) in [5.74, 6) is 0.747. The Labute approximate surface area is 221 Å². The van der Waals surface area contributed by atoms with Gasteiger partial charge >= 0.3 is 0 Å². The summed E-state index contributed by atoms with van der Waals surface area (Å²) >= 11 is 0. The normalized spacial score (nSPS) is 11.6. The smallest absolute Gasteiger partial charge is 0.263 e. The number of pyridine rings is 2. The van der Waals surface area contributed by atoms with Crippen LogP contribution in [0.2, 0.25) is 0 Å². The lowest BCUT2D eigenvalue weighted by atomic mass is 10.1. The molecule has 0 atom stereocenters. The lowest BCUT2D eigenvalue weighted by molar-refractivity contribution is 0.672. The quantitative estimate of drug-likeness (QED) is 0.364. The maximum Gasteiger partial charge on any atom is 0.263 e. The van der Waals surface area contributed by atoms with Crippen LogP contribution in [0.3, 0.4) is 0 Å². The minimum Gasteiger partial charge on any atom is -0.383 e. The van der Waals surface area contributed by atoms with Gasteiger partial charge in [-0.2, -0.15) is 5.10 Å². The zero-order chi connectivity index (χ0) is 26.7. The van der Waals surface area contributed by atoms with E-state index in [0.29, 0.717) is 33.7 Å². The highest BCUT2D eigenvalue weighted by molar-refractivity contribution is 5.98. The molecule has 7 aromatic rings. The Bertz CT molecular complexity index is 2110. The predicted octanol–water partition coefficient (Wildman–Crippen LogP) is 3.97. The van der Waals surface area contributed by atoms with Gasteiger partial charge in [0.2, 0.25) is 0 Å². The van der Waals surface area contributed by atoms with Crippen LogP contribution in [0.15, 0.2) is 90.2 Å². The van der Waals surface area contributed by atoms with E-state index in [4.69, 9.17) is 16.6 Å². The molecule has 39 heavy (non-hydrogen) atoms. The van der Waals surface area contributed by atoms with Crippen molar-refractivity contribution in [3.05, 3.63) is 107 Å². The van der Waals surface area contributed by atoms with Crippen molar-refractivity contribution in [1.29, 1.82) is 0 Å². The summed E-state index contributed by atoms with van der Waals surface area (Å²) in [6.45, 7) is 2.23. The molecular formula is C29H23N9O. The lowest BCUT2D eigenvalue weighted by Gasteiger charge is -2.16. The Hall–Kier alpha value is -5.51. The molecule has 10 nitrogen and oxygen atoms in total. The van der Waals surface area contributed by atoms with Crippen molar-refractivity contribution in [2.75, 3.05) is 11.5 Å². The summed E-state index contributed by atoms with van der Waals surface area (Å²) in [5, 5.41) is 7.14. The van der Waals surface area contributed by atoms with E-state index in [0.717, 1.165) is 33.5 Å². The molecule has 5 heterocycles. The highest BCUT2D eigenvalue weighted by atomic mass is 16.1. The third-order valence-electron chi connectivity index (χ3n) is 6.96. The second-order valence-corrected chi connectivity index (χ2v) is 9.46. The van der Waals surface area contributed by atoms with E-state index in [2.05, 4.69) is 15.0 Å². The van der Waals surface area contributed by atoms with Gasteiger partial charge in [0.15, 0.2) is 5.65 Å². The monoisotopic (exact) mass is 513 g/mol. The largest absolute Gasteiger partial charge is 0.383 e. The van der Waals surface area contributed by atoms with E-state index in [1.54, 1.807) is 15.4 Å². The second kappa shape index (κ2) is 8.52. The average Bonchev–Trinajstić information content (AvgIpc) is 3.49. The molecule has 4 N–H and O–H groups in total. The number of nitrogens with zero attached hydrogens (tertiary/aromatic N) is 7. The number of nitrogens with two attached hydrogens (primary N) is 2. The van der Waals surface area contributed by atoms with Crippen LogP contribution in [-0.4, -0.2) is 33.7 Å². The number of nitrogen functional groups attached to an aromatic ring is 2. The third kappa shape index (κ3) is 3.61. The molecule has 0 bridgehead atoms. The number of anilines is 2. The molecule has 0 aliphatic carbocycles. The van der Waals surface area contributed by atoms with Crippen LogP contribution in [0.1, 0.15) is 11.3 Å². The molecule has 0 saturated carbocycles. The van der Waals surface area contributed by atoms with Crippen LogP contribution >= 0.6 is 0 Å². The topological polar surface area (TPSA) is 135 Å². The summed E-state index contributed by atoms with van der Waals surface area (Å²) in [6, 6.07) is 21.3. The van der Waals surface area contributed by atoms with Crippen molar-refractivity contribution in [3.63, 3.8) is 0 Å². The molecule has 0 aliphatic rings. The molecule has 0 saturated heterocycles. The fourth-order valence-electron chi connectivity index (χ4n) is 5.21. The molecule has 190 valence electrons. The van der Waals surface area contributed by atoms with E-state index < -0.39 is 0 Å². The van der Waals surface area contributed by atoms with Crippen molar-refractivity contribution in [1.82, 2.24) is 33.7 Å². The molecule has 0 spiro atoms. The molecule has 0 radical (unpaired) electrons.